The van der Waals surface area contributed by atoms with Gasteiger partial charge in [-0.1, -0.05) is 11.2 Å². The van der Waals surface area contributed by atoms with Gasteiger partial charge in [-0.2, -0.15) is 26.6 Å². The Morgan fingerprint density at radius 2 is 1.77 bits per heavy atom. The SMILES string of the molecule is Cc1nc(-c2ccc(OS(=O)(=O)c3cccc(C(F)(F)F)c3)cc2)no1. The molecule has 3 rings (SSSR count). The number of alkyl halides is 3. The van der Waals surface area contributed by atoms with E-state index in [1.54, 1.807) is 6.92 Å². The molecule has 0 atom stereocenters. The molecule has 0 aliphatic heterocycles. The van der Waals surface area contributed by atoms with Gasteiger partial charge in [-0.3, -0.25) is 0 Å². The molecule has 0 spiro atoms. The molecule has 2 aromatic carbocycles. The van der Waals surface area contributed by atoms with Crippen LogP contribution in [0.15, 0.2) is 57.9 Å². The van der Waals surface area contributed by atoms with Crippen LogP contribution in [-0.4, -0.2) is 18.6 Å². The molecule has 0 saturated heterocycles. The van der Waals surface area contributed by atoms with Gasteiger partial charge in [-0.15, -0.1) is 0 Å². The van der Waals surface area contributed by atoms with Crippen LogP contribution in [0.25, 0.3) is 11.4 Å². The van der Waals surface area contributed by atoms with Crippen molar-refractivity contribution in [2.75, 3.05) is 0 Å². The van der Waals surface area contributed by atoms with Crippen molar-refractivity contribution < 1.29 is 30.3 Å². The first-order valence-corrected chi connectivity index (χ1v) is 8.58. The van der Waals surface area contributed by atoms with Gasteiger partial charge in [-0.05, 0) is 42.5 Å². The quantitative estimate of drug-likeness (QED) is 0.636. The Hall–Kier alpha value is -2.88. The van der Waals surface area contributed by atoms with E-state index in [2.05, 4.69) is 10.1 Å². The van der Waals surface area contributed by atoms with E-state index in [9.17, 15) is 21.6 Å². The minimum absolute atomic E-state index is 0.0635. The molecular weight excluding hydrogens is 373 g/mol. The summed E-state index contributed by atoms with van der Waals surface area (Å²) in [7, 11) is -4.42. The molecule has 0 unspecified atom stereocenters. The lowest BCUT2D eigenvalue weighted by Crippen LogP contribution is -2.12. The maximum atomic E-state index is 12.7. The molecule has 0 radical (unpaired) electrons. The molecule has 0 aliphatic rings. The Kier molecular flexibility index (Phi) is 4.45. The standard InChI is InChI=1S/C16H11F3N2O4S/c1-10-20-15(21-24-10)11-5-7-13(8-6-11)25-26(22,23)14-4-2-3-12(9-14)16(17,18)19/h2-9H,1H3. The Bertz CT molecular complexity index is 1030. The van der Waals surface area contributed by atoms with Gasteiger partial charge >= 0.3 is 16.3 Å². The Labute approximate surface area is 146 Å². The minimum atomic E-state index is -4.66. The number of nitrogens with zero attached hydrogens (tertiary/aromatic N) is 2. The van der Waals surface area contributed by atoms with Crippen LogP contribution in [0.3, 0.4) is 0 Å². The van der Waals surface area contributed by atoms with E-state index in [4.69, 9.17) is 8.71 Å². The van der Waals surface area contributed by atoms with Crippen molar-refractivity contribution >= 4 is 10.1 Å². The Balaban J connectivity index is 1.84. The molecule has 0 saturated carbocycles. The highest BCUT2D eigenvalue weighted by molar-refractivity contribution is 7.87. The van der Waals surface area contributed by atoms with Crippen molar-refractivity contribution in [3.05, 3.63) is 60.0 Å². The predicted octanol–water partition coefficient (Wildman–Crippen LogP) is 3.83. The maximum absolute atomic E-state index is 12.7. The zero-order chi connectivity index (χ0) is 18.9. The van der Waals surface area contributed by atoms with Crippen molar-refractivity contribution in [1.82, 2.24) is 10.1 Å². The highest BCUT2D eigenvalue weighted by atomic mass is 32.2. The van der Waals surface area contributed by atoms with Crippen LogP contribution in [0.2, 0.25) is 0 Å². The van der Waals surface area contributed by atoms with Gasteiger partial charge in [0.2, 0.25) is 11.7 Å². The third-order valence-electron chi connectivity index (χ3n) is 3.30. The second-order valence-corrected chi connectivity index (χ2v) is 6.77. The monoisotopic (exact) mass is 384 g/mol. The van der Waals surface area contributed by atoms with E-state index < -0.39 is 26.8 Å². The zero-order valence-electron chi connectivity index (χ0n) is 13.2. The third-order valence-corrected chi connectivity index (χ3v) is 4.54. The zero-order valence-corrected chi connectivity index (χ0v) is 14.0. The van der Waals surface area contributed by atoms with Gasteiger partial charge < -0.3 is 8.71 Å². The van der Waals surface area contributed by atoms with Gasteiger partial charge in [0.1, 0.15) is 10.6 Å². The van der Waals surface area contributed by atoms with E-state index in [1.807, 2.05) is 0 Å². The van der Waals surface area contributed by atoms with E-state index >= 15 is 0 Å². The van der Waals surface area contributed by atoms with Crippen LogP contribution in [0.4, 0.5) is 13.2 Å². The first kappa shape index (κ1) is 17.9. The first-order chi connectivity index (χ1) is 12.1. The molecular formula is C16H11F3N2O4S. The smallest absolute Gasteiger partial charge is 0.379 e. The van der Waals surface area contributed by atoms with Crippen LogP contribution in [0.1, 0.15) is 11.5 Å². The normalized spacial score (nSPS) is 12.2. The van der Waals surface area contributed by atoms with Crippen LogP contribution >= 0.6 is 0 Å². The van der Waals surface area contributed by atoms with Crippen molar-refractivity contribution in [1.29, 1.82) is 0 Å². The summed E-state index contributed by atoms with van der Waals surface area (Å²) in [5.41, 5.74) is -0.518. The number of halogens is 3. The fourth-order valence-electron chi connectivity index (χ4n) is 2.08. The fourth-order valence-corrected chi connectivity index (χ4v) is 3.06. The second kappa shape index (κ2) is 6.45. The lowest BCUT2D eigenvalue weighted by atomic mass is 10.2. The summed E-state index contributed by atoms with van der Waals surface area (Å²) in [6.45, 7) is 1.62. The molecule has 136 valence electrons. The van der Waals surface area contributed by atoms with Crippen LogP contribution in [0, 0.1) is 6.92 Å². The highest BCUT2D eigenvalue weighted by Crippen LogP contribution is 2.31. The highest BCUT2D eigenvalue weighted by Gasteiger charge is 2.32. The topological polar surface area (TPSA) is 82.3 Å². The molecule has 0 N–H and O–H groups in total. The third kappa shape index (κ3) is 3.85. The molecule has 6 nitrogen and oxygen atoms in total. The summed E-state index contributed by atoms with van der Waals surface area (Å²) in [4.78, 5) is 3.43. The van der Waals surface area contributed by atoms with E-state index in [1.165, 1.54) is 24.3 Å². The average molecular weight is 384 g/mol. The summed E-state index contributed by atoms with van der Waals surface area (Å²) in [6, 6.07) is 9.01. The summed E-state index contributed by atoms with van der Waals surface area (Å²) in [5, 5.41) is 3.72. The largest absolute Gasteiger partial charge is 0.416 e. The van der Waals surface area contributed by atoms with Gasteiger partial charge in [0.05, 0.1) is 5.56 Å². The van der Waals surface area contributed by atoms with Crippen molar-refractivity contribution in [3.8, 4) is 17.1 Å². The van der Waals surface area contributed by atoms with E-state index in [0.717, 1.165) is 18.2 Å². The number of benzene rings is 2. The van der Waals surface area contributed by atoms with Crippen LogP contribution in [0.5, 0.6) is 5.75 Å². The molecule has 26 heavy (non-hydrogen) atoms. The molecule has 0 bridgehead atoms. The Morgan fingerprint density at radius 1 is 1.08 bits per heavy atom. The average Bonchev–Trinajstić information content (AvgIpc) is 3.01. The summed E-state index contributed by atoms with van der Waals surface area (Å²) >= 11 is 0. The van der Waals surface area contributed by atoms with E-state index in [0.29, 0.717) is 23.3 Å². The van der Waals surface area contributed by atoms with E-state index in [-0.39, 0.29) is 5.75 Å². The van der Waals surface area contributed by atoms with Crippen molar-refractivity contribution in [3.63, 3.8) is 0 Å². The molecule has 1 heterocycles. The summed E-state index contributed by atoms with van der Waals surface area (Å²) in [6.07, 6.45) is -4.66. The number of hydrogen-bond acceptors (Lipinski definition) is 6. The second-order valence-electron chi connectivity index (χ2n) is 5.22. The molecule has 0 fully saturated rings. The van der Waals surface area contributed by atoms with Gasteiger partial charge in [0.15, 0.2) is 0 Å². The fraction of sp³-hybridized carbons (Fsp3) is 0.125. The molecule has 1 aromatic heterocycles. The molecule has 0 aliphatic carbocycles. The first-order valence-electron chi connectivity index (χ1n) is 7.18. The van der Waals surface area contributed by atoms with Gasteiger partial charge in [0.25, 0.3) is 0 Å². The minimum Gasteiger partial charge on any atom is -0.379 e. The van der Waals surface area contributed by atoms with Gasteiger partial charge in [0, 0.05) is 12.5 Å². The van der Waals surface area contributed by atoms with Crippen LogP contribution < -0.4 is 4.18 Å². The number of aromatic nitrogens is 2. The molecule has 3 aromatic rings. The van der Waals surface area contributed by atoms with Gasteiger partial charge in [-0.25, -0.2) is 0 Å². The number of hydrogen-bond donors (Lipinski definition) is 0. The molecule has 10 heteroatoms. The van der Waals surface area contributed by atoms with Crippen molar-refractivity contribution in [2.45, 2.75) is 18.0 Å². The lowest BCUT2D eigenvalue weighted by Gasteiger charge is -2.10. The molecule has 0 amide bonds. The summed E-state index contributed by atoms with van der Waals surface area (Å²) < 4.78 is 72.4. The Morgan fingerprint density at radius 3 is 2.35 bits per heavy atom. The lowest BCUT2D eigenvalue weighted by molar-refractivity contribution is -0.137. The number of rotatable bonds is 4. The maximum Gasteiger partial charge on any atom is 0.416 e. The number of aryl methyl sites for hydroxylation is 1. The van der Waals surface area contributed by atoms with Crippen LogP contribution in [-0.2, 0) is 16.3 Å². The summed E-state index contributed by atoms with van der Waals surface area (Å²) in [5.74, 6) is 0.619. The predicted molar refractivity (Wildman–Crippen MR) is 83.7 cm³/mol. The van der Waals surface area contributed by atoms with Crippen molar-refractivity contribution in [2.24, 2.45) is 0 Å².